The summed E-state index contributed by atoms with van der Waals surface area (Å²) in [5, 5.41) is 3.49. The van der Waals surface area contributed by atoms with Crippen LogP contribution >= 0.6 is 0 Å². The Morgan fingerprint density at radius 2 is 2.12 bits per heavy atom. The molecule has 0 radical (unpaired) electrons. The van der Waals surface area contributed by atoms with E-state index >= 15 is 0 Å². The molecule has 2 heterocycles. The second kappa shape index (κ2) is 8.11. The van der Waals surface area contributed by atoms with Crippen molar-refractivity contribution in [2.45, 2.75) is 58.4 Å². The minimum absolute atomic E-state index is 0.0684. The Hall–Kier alpha value is -1.42. The van der Waals surface area contributed by atoms with Crippen LogP contribution in [0.5, 0.6) is 0 Å². The molecule has 2 rings (SSSR count). The van der Waals surface area contributed by atoms with Crippen molar-refractivity contribution in [1.82, 2.24) is 15.2 Å². The first-order valence-corrected chi connectivity index (χ1v) is 9.11. The maximum absolute atomic E-state index is 14.3. The van der Waals surface area contributed by atoms with E-state index in [0.29, 0.717) is 0 Å². The predicted molar refractivity (Wildman–Crippen MR) is 98.4 cm³/mol. The van der Waals surface area contributed by atoms with E-state index in [-0.39, 0.29) is 23.2 Å². The molecule has 0 aliphatic carbocycles. The average molecular weight is 333 g/mol. The normalized spacial score (nSPS) is 21.9. The molecule has 0 aromatic carbocycles. The first-order chi connectivity index (χ1) is 11.3. The highest BCUT2D eigenvalue weighted by Crippen LogP contribution is 2.39. The average Bonchev–Trinajstić information content (AvgIpc) is 2.97. The van der Waals surface area contributed by atoms with Crippen LogP contribution in [-0.4, -0.2) is 35.1 Å². The molecule has 1 aliphatic heterocycles. The maximum Gasteiger partial charge on any atom is 0.145 e. The number of likely N-dealkylation sites (tertiary alicyclic amines) is 1. The number of unbranched alkanes of at least 4 members (excludes halogenated alkanes) is 2. The first kappa shape index (κ1) is 18.9. The molecule has 0 unspecified atom stereocenters. The van der Waals surface area contributed by atoms with Gasteiger partial charge in [-0.25, -0.2) is 4.39 Å². The number of nitrogens with one attached hydrogen (secondary N) is 1. The quantitative estimate of drug-likeness (QED) is 0.753. The molecular weight excluding hydrogens is 301 g/mol. The van der Waals surface area contributed by atoms with Gasteiger partial charge in [-0.05, 0) is 38.8 Å². The first-order valence-electron chi connectivity index (χ1n) is 9.11. The fraction of sp³-hybridized carbons (Fsp3) is 0.650. The number of pyridine rings is 1. The zero-order valence-corrected chi connectivity index (χ0v) is 15.6. The van der Waals surface area contributed by atoms with Gasteiger partial charge in [0.15, 0.2) is 0 Å². The highest BCUT2D eigenvalue weighted by Gasteiger charge is 2.40. The second-order valence-corrected chi connectivity index (χ2v) is 7.85. The van der Waals surface area contributed by atoms with E-state index in [1.165, 1.54) is 19.0 Å². The zero-order chi connectivity index (χ0) is 17.7. The number of rotatable bonds is 7. The molecule has 0 saturated carbocycles. The Morgan fingerprint density at radius 1 is 1.38 bits per heavy atom. The molecule has 24 heavy (non-hydrogen) atoms. The zero-order valence-electron chi connectivity index (χ0n) is 15.6. The van der Waals surface area contributed by atoms with Crippen LogP contribution < -0.4 is 5.32 Å². The summed E-state index contributed by atoms with van der Waals surface area (Å²) in [5.41, 5.74) is 1.87. The van der Waals surface area contributed by atoms with Crippen molar-refractivity contribution in [3.05, 3.63) is 42.1 Å². The topological polar surface area (TPSA) is 28.2 Å². The van der Waals surface area contributed by atoms with Gasteiger partial charge in [0.2, 0.25) is 0 Å². The molecule has 2 atom stereocenters. The van der Waals surface area contributed by atoms with Crippen molar-refractivity contribution in [2.24, 2.45) is 5.92 Å². The van der Waals surface area contributed by atoms with Gasteiger partial charge >= 0.3 is 0 Å². The van der Waals surface area contributed by atoms with Crippen LogP contribution in [0.3, 0.4) is 0 Å². The second-order valence-electron chi connectivity index (χ2n) is 7.85. The third-order valence-corrected chi connectivity index (χ3v) is 5.05. The molecule has 1 fully saturated rings. The van der Waals surface area contributed by atoms with E-state index < -0.39 is 0 Å². The molecule has 134 valence electrons. The summed E-state index contributed by atoms with van der Waals surface area (Å²) in [4.78, 5) is 6.33. The molecule has 1 N–H and O–H groups in total. The van der Waals surface area contributed by atoms with Crippen molar-refractivity contribution in [3.63, 3.8) is 0 Å². The molecule has 0 amide bonds. The van der Waals surface area contributed by atoms with Crippen LogP contribution in [0.15, 0.2) is 30.7 Å². The third-order valence-electron chi connectivity index (χ3n) is 5.05. The minimum atomic E-state index is -0.206. The highest BCUT2D eigenvalue weighted by molar-refractivity contribution is 5.26. The van der Waals surface area contributed by atoms with Gasteiger partial charge in [0.1, 0.15) is 5.82 Å². The Labute approximate surface area is 146 Å². The van der Waals surface area contributed by atoms with Crippen molar-refractivity contribution < 1.29 is 4.39 Å². The molecule has 1 aromatic heterocycles. The van der Waals surface area contributed by atoms with E-state index in [1.54, 1.807) is 6.20 Å². The van der Waals surface area contributed by atoms with Gasteiger partial charge in [-0.3, -0.25) is 9.88 Å². The lowest BCUT2D eigenvalue weighted by molar-refractivity contribution is 0.168. The van der Waals surface area contributed by atoms with Crippen molar-refractivity contribution in [3.8, 4) is 0 Å². The number of hydrogen-bond acceptors (Lipinski definition) is 3. The van der Waals surface area contributed by atoms with E-state index in [1.807, 2.05) is 6.07 Å². The minimum Gasteiger partial charge on any atom is -0.389 e. The Kier molecular flexibility index (Phi) is 6.39. The largest absolute Gasteiger partial charge is 0.389 e. The molecule has 4 heteroatoms. The van der Waals surface area contributed by atoms with Crippen LogP contribution in [0.25, 0.3) is 0 Å². The molecule has 1 aromatic rings. The fourth-order valence-corrected chi connectivity index (χ4v) is 3.46. The predicted octanol–water partition coefficient (Wildman–Crippen LogP) is 4.33. The monoisotopic (exact) mass is 333 g/mol. The SMILES string of the molecule is C=C(NCCCCC)[C@@H]1CN(C(C)(C)C)C[C@H]1c1ccncc1F. The summed E-state index contributed by atoms with van der Waals surface area (Å²) in [6.07, 6.45) is 6.59. The third kappa shape index (κ3) is 4.56. The number of halogens is 1. The summed E-state index contributed by atoms with van der Waals surface area (Å²) in [7, 11) is 0. The Balaban J connectivity index is 2.15. The van der Waals surface area contributed by atoms with Gasteiger partial charge < -0.3 is 5.32 Å². The van der Waals surface area contributed by atoms with E-state index in [9.17, 15) is 4.39 Å². The van der Waals surface area contributed by atoms with E-state index in [0.717, 1.165) is 37.3 Å². The summed E-state index contributed by atoms with van der Waals surface area (Å²) >= 11 is 0. The highest BCUT2D eigenvalue weighted by atomic mass is 19.1. The van der Waals surface area contributed by atoms with Crippen LogP contribution in [0.1, 0.15) is 58.4 Å². The number of nitrogens with zero attached hydrogens (tertiary/aromatic N) is 2. The maximum atomic E-state index is 14.3. The molecule has 0 bridgehead atoms. The van der Waals surface area contributed by atoms with Crippen LogP contribution in [0.2, 0.25) is 0 Å². The van der Waals surface area contributed by atoms with Gasteiger partial charge in [-0.1, -0.05) is 26.3 Å². The lowest BCUT2D eigenvalue weighted by Crippen LogP contribution is -2.40. The van der Waals surface area contributed by atoms with Gasteiger partial charge in [-0.2, -0.15) is 0 Å². The van der Waals surface area contributed by atoms with Gasteiger partial charge in [0.25, 0.3) is 0 Å². The standard InChI is InChI=1S/C20H32FN3/c1-6-7-8-10-23-15(2)17-13-24(20(3,4)5)14-18(17)16-9-11-22-12-19(16)21/h9,11-12,17-18,23H,2,6-8,10,13-14H2,1,3-5H3/t17-,18-/m0/s1. The Bertz CT molecular complexity index is 550. The van der Waals surface area contributed by atoms with Crippen molar-refractivity contribution in [1.29, 1.82) is 0 Å². The van der Waals surface area contributed by atoms with Crippen molar-refractivity contribution in [2.75, 3.05) is 19.6 Å². The Morgan fingerprint density at radius 3 is 2.75 bits per heavy atom. The van der Waals surface area contributed by atoms with E-state index in [4.69, 9.17) is 0 Å². The number of aromatic nitrogens is 1. The molecule has 0 spiro atoms. The molecule has 1 saturated heterocycles. The summed E-state index contributed by atoms with van der Waals surface area (Å²) in [6, 6.07) is 1.82. The lowest BCUT2D eigenvalue weighted by Gasteiger charge is -2.32. The van der Waals surface area contributed by atoms with Gasteiger partial charge in [0, 0.05) is 48.9 Å². The summed E-state index contributed by atoms with van der Waals surface area (Å²) < 4.78 is 14.3. The summed E-state index contributed by atoms with van der Waals surface area (Å²) in [5.74, 6) is 0.142. The van der Waals surface area contributed by atoms with Crippen molar-refractivity contribution >= 4 is 0 Å². The smallest absolute Gasteiger partial charge is 0.145 e. The lowest BCUT2D eigenvalue weighted by atomic mass is 9.87. The van der Waals surface area contributed by atoms with Gasteiger partial charge in [-0.15, -0.1) is 0 Å². The molecule has 1 aliphatic rings. The summed E-state index contributed by atoms with van der Waals surface area (Å²) in [6.45, 7) is 15.8. The molecular formula is C20H32FN3. The van der Waals surface area contributed by atoms with Crippen LogP contribution in [-0.2, 0) is 0 Å². The van der Waals surface area contributed by atoms with Gasteiger partial charge in [0.05, 0.1) is 6.20 Å². The van der Waals surface area contributed by atoms with E-state index in [2.05, 4.69) is 49.5 Å². The molecule has 3 nitrogen and oxygen atoms in total. The number of hydrogen-bond donors (Lipinski definition) is 1. The van der Waals surface area contributed by atoms with Crippen LogP contribution in [0.4, 0.5) is 4.39 Å². The van der Waals surface area contributed by atoms with Crippen LogP contribution in [0, 0.1) is 11.7 Å². The fourth-order valence-electron chi connectivity index (χ4n) is 3.46.